The van der Waals surface area contributed by atoms with Gasteiger partial charge in [0.05, 0.1) is 6.54 Å². The predicted molar refractivity (Wildman–Crippen MR) is 65.8 cm³/mol. The average Bonchev–Trinajstić information content (AvgIpc) is 2.64. The standard InChI is InChI=1S/C12H18N4/c1-9(2)7-8-16-11-6-4-3-5-10(11)14-12(16)15-13/h3-6,9H,7-8,13H2,1-2H3,(H,14,15)/p+1. The van der Waals surface area contributed by atoms with Crippen molar-refractivity contribution in [2.24, 2.45) is 11.8 Å². The zero-order valence-electron chi connectivity index (χ0n) is 9.83. The Morgan fingerprint density at radius 3 is 2.81 bits per heavy atom. The van der Waals surface area contributed by atoms with Crippen molar-refractivity contribution in [2.75, 3.05) is 5.43 Å². The van der Waals surface area contributed by atoms with Gasteiger partial charge >= 0.3 is 5.95 Å². The lowest BCUT2D eigenvalue weighted by atomic mass is 10.1. The number of aromatic amines is 1. The number of imidazole rings is 1. The predicted octanol–water partition coefficient (Wildman–Crippen LogP) is 1.79. The second kappa shape index (κ2) is 4.53. The summed E-state index contributed by atoms with van der Waals surface area (Å²) >= 11 is 0. The van der Waals surface area contributed by atoms with Gasteiger partial charge in [0, 0.05) is 0 Å². The summed E-state index contributed by atoms with van der Waals surface area (Å²) in [4.78, 5) is 3.26. The Morgan fingerprint density at radius 1 is 1.38 bits per heavy atom. The molecule has 4 N–H and O–H groups in total. The Balaban J connectivity index is 2.39. The van der Waals surface area contributed by atoms with E-state index in [1.54, 1.807) is 0 Å². The van der Waals surface area contributed by atoms with Crippen LogP contribution in [0.3, 0.4) is 0 Å². The second-order valence-corrected chi connectivity index (χ2v) is 4.47. The van der Waals surface area contributed by atoms with Crippen LogP contribution in [0.4, 0.5) is 5.95 Å². The largest absolute Gasteiger partial charge is 0.372 e. The van der Waals surface area contributed by atoms with E-state index in [1.807, 2.05) is 12.1 Å². The van der Waals surface area contributed by atoms with E-state index < -0.39 is 0 Å². The summed E-state index contributed by atoms with van der Waals surface area (Å²) in [5.74, 6) is 7.07. The molecule has 0 unspecified atom stereocenters. The molecule has 0 amide bonds. The van der Waals surface area contributed by atoms with E-state index in [4.69, 9.17) is 5.84 Å². The summed E-state index contributed by atoms with van der Waals surface area (Å²) in [7, 11) is 0. The first-order valence-corrected chi connectivity index (χ1v) is 5.69. The Labute approximate surface area is 95.4 Å². The molecule has 1 heterocycles. The van der Waals surface area contributed by atoms with Gasteiger partial charge in [0.2, 0.25) is 0 Å². The zero-order chi connectivity index (χ0) is 11.5. The van der Waals surface area contributed by atoms with Crippen LogP contribution in [0.5, 0.6) is 0 Å². The van der Waals surface area contributed by atoms with E-state index in [9.17, 15) is 0 Å². The highest BCUT2D eigenvalue weighted by atomic mass is 15.3. The third kappa shape index (κ3) is 2.02. The molecular formula is C12H19N4+. The molecule has 2 rings (SSSR count). The van der Waals surface area contributed by atoms with Crippen molar-refractivity contribution >= 4 is 17.0 Å². The minimum Gasteiger partial charge on any atom is -0.240 e. The molecular weight excluding hydrogens is 200 g/mol. The number of H-pyrrole nitrogens is 1. The van der Waals surface area contributed by atoms with Crippen molar-refractivity contribution < 1.29 is 4.57 Å². The van der Waals surface area contributed by atoms with Crippen molar-refractivity contribution in [3.63, 3.8) is 0 Å². The van der Waals surface area contributed by atoms with Gasteiger partial charge < -0.3 is 0 Å². The van der Waals surface area contributed by atoms with Crippen molar-refractivity contribution in [1.82, 2.24) is 4.98 Å². The number of aromatic nitrogens is 2. The van der Waals surface area contributed by atoms with Crippen molar-refractivity contribution in [2.45, 2.75) is 26.8 Å². The zero-order valence-corrected chi connectivity index (χ0v) is 9.83. The number of rotatable bonds is 4. The van der Waals surface area contributed by atoms with Crippen LogP contribution in [0, 0.1) is 5.92 Å². The van der Waals surface area contributed by atoms with Crippen molar-refractivity contribution in [3.05, 3.63) is 24.3 Å². The summed E-state index contributed by atoms with van der Waals surface area (Å²) in [6, 6.07) is 8.23. The second-order valence-electron chi connectivity index (χ2n) is 4.47. The van der Waals surface area contributed by atoms with Gasteiger partial charge in [-0.15, -0.1) is 0 Å². The van der Waals surface area contributed by atoms with E-state index in [0.717, 1.165) is 24.4 Å². The maximum Gasteiger partial charge on any atom is 0.372 e. The van der Waals surface area contributed by atoms with Crippen LogP contribution in [0.2, 0.25) is 0 Å². The lowest BCUT2D eigenvalue weighted by Crippen LogP contribution is -2.38. The third-order valence-electron chi connectivity index (χ3n) is 2.78. The summed E-state index contributed by atoms with van der Waals surface area (Å²) < 4.78 is 2.19. The molecule has 1 aromatic heterocycles. The van der Waals surface area contributed by atoms with Gasteiger partial charge in [0.25, 0.3) is 0 Å². The van der Waals surface area contributed by atoms with Gasteiger partial charge in [-0.1, -0.05) is 26.0 Å². The Kier molecular flexibility index (Phi) is 3.10. The number of nitrogens with two attached hydrogens (primary N) is 1. The molecule has 0 saturated carbocycles. The molecule has 0 spiro atoms. The molecule has 86 valence electrons. The molecule has 4 heteroatoms. The number of hydrogen-bond acceptors (Lipinski definition) is 2. The third-order valence-corrected chi connectivity index (χ3v) is 2.78. The average molecular weight is 219 g/mol. The number of hydrogen-bond donors (Lipinski definition) is 3. The summed E-state index contributed by atoms with van der Waals surface area (Å²) in [5, 5.41) is 0. The van der Waals surface area contributed by atoms with Crippen LogP contribution in [-0.4, -0.2) is 4.98 Å². The first-order chi connectivity index (χ1) is 7.72. The number of aryl methyl sites for hydroxylation is 1. The first-order valence-electron chi connectivity index (χ1n) is 5.69. The normalized spacial score (nSPS) is 11.2. The Bertz CT molecular complexity index is 473. The molecule has 0 atom stereocenters. The van der Waals surface area contributed by atoms with Crippen LogP contribution in [0.1, 0.15) is 20.3 Å². The van der Waals surface area contributed by atoms with E-state index in [1.165, 1.54) is 5.52 Å². The van der Waals surface area contributed by atoms with E-state index in [-0.39, 0.29) is 0 Å². The van der Waals surface area contributed by atoms with Crippen LogP contribution < -0.4 is 15.8 Å². The molecule has 0 saturated heterocycles. The smallest absolute Gasteiger partial charge is 0.240 e. The quantitative estimate of drug-likeness (QED) is 0.417. The summed E-state index contributed by atoms with van der Waals surface area (Å²) in [6.07, 6.45) is 1.14. The molecule has 0 bridgehead atoms. The minimum atomic E-state index is 0.687. The number of benzene rings is 1. The highest BCUT2D eigenvalue weighted by Gasteiger charge is 2.15. The maximum atomic E-state index is 5.52. The lowest BCUT2D eigenvalue weighted by Gasteiger charge is -2.04. The van der Waals surface area contributed by atoms with Gasteiger partial charge in [0.15, 0.2) is 0 Å². The van der Waals surface area contributed by atoms with E-state index >= 15 is 0 Å². The molecule has 4 nitrogen and oxygen atoms in total. The van der Waals surface area contributed by atoms with Gasteiger partial charge in [-0.05, 0) is 24.5 Å². The highest BCUT2D eigenvalue weighted by Crippen LogP contribution is 2.12. The monoisotopic (exact) mass is 219 g/mol. The lowest BCUT2D eigenvalue weighted by molar-refractivity contribution is -0.658. The molecule has 0 radical (unpaired) electrons. The maximum absolute atomic E-state index is 5.52. The SMILES string of the molecule is CC(C)CC[n+]1c(NN)[nH]c2ccccc21. The summed E-state index contributed by atoms with van der Waals surface area (Å²) in [5.41, 5.74) is 5.02. The molecule has 0 aliphatic rings. The van der Waals surface area contributed by atoms with Gasteiger partial charge in [-0.3, -0.25) is 0 Å². The Hall–Kier alpha value is -1.55. The number of anilines is 1. The number of nitrogens with zero attached hydrogens (tertiary/aromatic N) is 1. The number of nitrogen functional groups attached to an aromatic ring is 1. The fraction of sp³-hybridized carbons (Fsp3) is 0.417. The van der Waals surface area contributed by atoms with Gasteiger partial charge in [-0.25, -0.2) is 15.0 Å². The van der Waals surface area contributed by atoms with Gasteiger partial charge in [0.1, 0.15) is 11.0 Å². The number of hydrazine groups is 1. The van der Waals surface area contributed by atoms with Gasteiger partial charge in [-0.2, -0.15) is 5.84 Å². The molecule has 2 aromatic rings. The van der Waals surface area contributed by atoms with E-state index in [0.29, 0.717) is 5.92 Å². The fourth-order valence-electron chi connectivity index (χ4n) is 1.86. The first kappa shape index (κ1) is 11.0. The van der Waals surface area contributed by atoms with E-state index in [2.05, 4.69) is 41.0 Å². The van der Waals surface area contributed by atoms with Crippen LogP contribution >= 0.6 is 0 Å². The molecule has 0 aliphatic heterocycles. The van der Waals surface area contributed by atoms with Crippen molar-refractivity contribution in [1.29, 1.82) is 0 Å². The van der Waals surface area contributed by atoms with Crippen molar-refractivity contribution in [3.8, 4) is 0 Å². The minimum absolute atomic E-state index is 0.687. The Morgan fingerprint density at radius 2 is 2.12 bits per heavy atom. The molecule has 0 aliphatic carbocycles. The summed E-state index contributed by atoms with van der Waals surface area (Å²) in [6.45, 7) is 5.43. The molecule has 0 fully saturated rings. The van der Waals surface area contributed by atoms with Crippen LogP contribution in [0.25, 0.3) is 11.0 Å². The number of fused-ring (bicyclic) bond motifs is 1. The molecule has 16 heavy (non-hydrogen) atoms. The molecule has 1 aromatic carbocycles. The number of nitrogens with one attached hydrogen (secondary N) is 2. The topological polar surface area (TPSA) is 57.7 Å². The van der Waals surface area contributed by atoms with Crippen LogP contribution in [-0.2, 0) is 6.54 Å². The fourth-order valence-corrected chi connectivity index (χ4v) is 1.86. The van der Waals surface area contributed by atoms with Crippen LogP contribution in [0.15, 0.2) is 24.3 Å². The highest BCUT2D eigenvalue weighted by molar-refractivity contribution is 5.72. The number of para-hydroxylation sites is 2.